The second-order valence-corrected chi connectivity index (χ2v) is 7.11. The summed E-state index contributed by atoms with van der Waals surface area (Å²) >= 11 is 0. The first-order chi connectivity index (χ1) is 10.1. The second kappa shape index (κ2) is 7.43. The molecule has 0 saturated heterocycles. The van der Waals surface area contributed by atoms with Crippen LogP contribution in [0.3, 0.4) is 0 Å². The van der Waals surface area contributed by atoms with Crippen LogP contribution in [0, 0.1) is 11.3 Å². The van der Waals surface area contributed by atoms with Crippen molar-refractivity contribution in [1.82, 2.24) is 10.6 Å². The fourth-order valence-electron chi connectivity index (χ4n) is 2.24. The summed E-state index contributed by atoms with van der Waals surface area (Å²) in [4.78, 5) is 24.6. The fraction of sp³-hybridized carbons (Fsp3) is 0.556. The number of carbonyl (C=O) groups excluding carboxylic acids is 2. The molecule has 0 heterocycles. The summed E-state index contributed by atoms with van der Waals surface area (Å²) in [6.45, 7) is 11.5. The van der Waals surface area contributed by atoms with Crippen molar-refractivity contribution in [3.63, 3.8) is 0 Å². The zero-order valence-corrected chi connectivity index (χ0v) is 14.4. The van der Waals surface area contributed by atoms with Gasteiger partial charge in [-0.25, -0.2) is 4.79 Å². The molecule has 0 bridgehead atoms. The zero-order valence-electron chi connectivity index (χ0n) is 14.4. The summed E-state index contributed by atoms with van der Waals surface area (Å²) in [6.07, 6.45) is 0. The van der Waals surface area contributed by atoms with Crippen molar-refractivity contribution in [3.8, 4) is 0 Å². The number of Topliss-reactive ketones (excluding diaryl/α,β-unsaturated/α-hetero) is 1. The molecule has 0 fully saturated rings. The van der Waals surface area contributed by atoms with E-state index in [2.05, 4.69) is 10.6 Å². The van der Waals surface area contributed by atoms with Gasteiger partial charge in [0.15, 0.2) is 5.78 Å². The van der Waals surface area contributed by atoms with E-state index in [1.165, 1.54) is 0 Å². The van der Waals surface area contributed by atoms with E-state index in [0.717, 1.165) is 5.56 Å². The van der Waals surface area contributed by atoms with Gasteiger partial charge in [0, 0.05) is 5.92 Å². The van der Waals surface area contributed by atoms with Crippen LogP contribution in [0.1, 0.15) is 53.1 Å². The normalized spacial score (nSPS) is 14.3. The Bertz CT molecular complexity index is 504. The number of ketones is 1. The van der Waals surface area contributed by atoms with Gasteiger partial charge in [-0.15, -0.1) is 0 Å². The first-order valence-corrected chi connectivity index (χ1v) is 7.78. The maximum atomic E-state index is 12.3. The lowest BCUT2D eigenvalue weighted by molar-refractivity contribution is -0.126. The molecular formula is C18H28N2O2. The standard InChI is InChI=1S/C18H28N2O2/c1-12(2)15(21)16(18(4,5)6)20-17(22)19-13(3)14-10-8-7-9-11-14/h7-13,16H,1-6H3,(H2,19,20,22). The Morgan fingerprint density at radius 2 is 1.50 bits per heavy atom. The summed E-state index contributed by atoms with van der Waals surface area (Å²) in [7, 11) is 0. The summed E-state index contributed by atoms with van der Waals surface area (Å²) in [5.74, 6) is -0.0638. The molecule has 22 heavy (non-hydrogen) atoms. The van der Waals surface area contributed by atoms with Gasteiger partial charge in [0.1, 0.15) is 0 Å². The van der Waals surface area contributed by atoms with Crippen molar-refractivity contribution in [2.45, 2.75) is 53.6 Å². The van der Waals surface area contributed by atoms with Gasteiger partial charge in [-0.2, -0.15) is 0 Å². The minimum Gasteiger partial charge on any atom is -0.332 e. The predicted molar refractivity (Wildman–Crippen MR) is 89.6 cm³/mol. The maximum absolute atomic E-state index is 12.3. The van der Waals surface area contributed by atoms with Crippen molar-refractivity contribution in [2.75, 3.05) is 0 Å². The first-order valence-electron chi connectivity index (χ1n) is 7.78. The van der Waals surface area contributed by atoms with Gasteiger partial charge < -0.3 is 10.6 Å². The topological polar surface area (TPSA) is 58.2 Å². The number of carbonyl (C=O) groups is 2. The van der Waals surface area contributed by atoms with Gasteiger partial charge >= 0.3 is 6.03 Å². The average Bonchev–Trinajstić information content (AvgIpc) is 2.43. The zero-order chi connectivity index (χ0) is 16.9. The molecule has 2 amide bonds. The Morgan fingerprint density at radius 1 is 0.955 bits per heavy atom. The van der Waals surface area contributed by atoms with Crippen LogP contribution in [0.15, 0.2) is 30.3 Å². The Kier molecular flexibility index (Phi) is 6.15. The van der Waals surface area contributed by atoms with Gasteiger partial charge in [-0.1, -0.05) is 65.0 Å². The van der Waals surface area contributed by atoms with Crippen molar-refractivity contribution < 1.29 is 9.59 Å². The molecule has 4 nitrogen and oxygen atoms in total. The molecule has 2 atom stereocenters. The molecule has 0 aromatic heterocycles. The number of benzene rings is 1. The Hall–Kier alpha value is -1.84. The molecule has 0 aliphatic heterocycles. The molecule has 0 saturated carbocycles. The lowest BCUT2D eigenvalue weighted by atomic mass is 9.81. The second-order valence-electron chi connectivity index (χ2n) is 7.11. The lowest BCUT2D eigenvalue weighted by Crippen LogP contribution is -2.53. The lowest BCUT2D eigenvalue weighted by Gasteiger charge is -2.32. The van der Waals surface area contributed by atoms with Gasteiger partial charge in [-0.3, -0.25) is 4.79 Å². The quantitative estimate of drug-likeness (QED) is 0.871. The molecule has 2 unspecified atom stereocenters. The van der Waals surface area contributed by atoms with Gasteiger partial charge in [-0.05, 0) is 17.9 Å². The molecule has 1 aromatic carbocycles. The highest BCUT2D eigenvalue weighted by Gasteiger charge is 2.33. The fourth-order valence-corrected chi connectivity index (χ4v) is 2.24. The smallest absolute Gasteiger partial charge is 0.315 e. The van der Waals surface area contributed by atoms with E-state index in [-0.39, 0.29) is 29.2 Å². The first kappa shape index (κ1) is 18.2. The molecule has 0 aliphatic carbocycles. The van der Waals surface area contributed by atoms with Crippen LogP contribution in [0.25, 0.3) is 0 Å². The molecule has 0 aliphatic rings. The summed E-state index contributed by atoms with van der Waals surface area (Å²) < 4.78 is 0. The molecular weight excluding hydrogens is 276 g/mol. The van der Waals surface area contributed by atoms with E-state index < -0.39 is 6.04 Å². The van der Waals surface area contributed by atoms with E-state index in [9.17, 15) is 9.59 Å². The van der Waals surface area contributed by atoms with Crippen molar-refractivity contribution in [3.05, 3.63) is 35.9 Å². The molecule has 122 valence electrons. The van der Waals surface area contributed by atoms with Crippen LogP contribution in [0.5, 0.6) is 0 Å². The summed E-state index contributed by atoms with van der Waals surface area (Å²) in [6, 6.07) is 8.80. The minimum atomic E-state index is -0.504. The van der Waals surface area contributed by atoms with Gasteiger partial charge in [0.2, 0.25) is 0 Å². The molecule has 0 radical (unpaired) electrons. The van der Waals surface area contributed by atoms with Crippen LogP contribution in [0.4, 0.5) is 4.79 Å². The van der Waals surface area contributed by atoms with E-state index in [1.807, 2.05) is 71.9 Å². The Balaban J connectivity index is 2.74. The minimum absolute atomic E-state index is 0.0509. The maximum Gasteiger partial charge on any atom is 0.315 e. The number of urea groups is 1. The van der Waals surface area contributed by atoms with Crippen LogP contribution in [-0.2, 0) is 4.79 Å². The third kappa shape index (κ3) is 5.17. The summed E-state index contributed by atoms with van der Waals surface area (Å²) in [5, 5.41) is 5.73. The number of nitrogens with one attached hydrogen (secondary N) is 2. The molecule has 1 aromatic rings. The average molecular weight is 304 g/mol. The van der Waals surface area contributed by atoms with Crippen LogP contribution >= 0.6 is 0 Å². The van der Waals surface area contributed by atoms with Gasteiger partial charge in [0.05, 0.1) is 12.1 Å². The Morgan fingerprint density at radius 3 is 1.95 bits per heavy atom. The van der Waals surface area contributed by atoms with E-state index in [1.54, 1.807) is 0 Å². The SMILES string of the molecule is CC(C)C(=O)C(NC(=O)NC(C)c1ccccc1)C(C)(C)C. The highest BCUT2D eigenvalue weighted by molar-refractivity contribution is 5.90. The Labute approximate surface area is 133 Å². The monoisotopic (exact) mass is 304 g/mol. The van der Waals surface area contributed by atoms with E-state index in [4.69, 9.17) is 0 Å². The van der Waals surface area contributed by atoms with Crippen molar-refractivity contribution in [1.29, 1.82) is 0 Å². The highest BCUT2D eigenvalue weighted by atomic mass is 16.2. The van der Waals surface area contributed by atoms with Crippen LogP contribution in [0.2, 0.25) is 0 Å². The number of hydrogen-bond donors (Lipinski definition) is 2. The van der Waals surface area contributed by atoms with Crippen molar-refractivity contribution >= 4 is 11.8 Å². The highest BCUT2D eigenvalue weighted by Crippen LogP contribution is 2.22. The number of rotatable bonds is 5. The molecule has 2 N–H and O–H groups in total. The van der Waals surface area contributed by atoms with Crippen LogP contribution < -0.4 is 10.6 Å². The van der Waals surface area contributed by atoms with Crippen LogP contribution in [-0.4, -0.2) is 17.9 Å². The summed E-state index contributed by atoms with van der Waals surface area (Å²) in [5.41, 5.74) is 0.703. The van der Waals surface area contributed by atoms with E-state index in [0.29, 0.717) is 0 Å². The van der Waals surface area contributed by atoms with Gasteiger partial charge in [0.25, 0.3) is 0 Å². The number of hydrogen-bond acceptors (Lipinski definition) is 2. The predicted octanol–water partition coefficient (Wildman–Crippen LogP) is 3.69. The molecule has 1 rings (SSSR count). The van der Waals surface area contributed by atoms with Crippen molar-refractivity contribution in [2.24, 2.45) is 11.3 Å². The van der Waals surface area contributed by atoms with E-state index >= 15 is 0 Å². The molecule has 0 spiro atoms. The third-order valence-electron chi connectivity index (χ3n) is 3.64. The third-order valence-corrected chi connectivity index (χ3v) is 3.64. The molecule has 4 heteroatoms. The largest absolute Gasteiger partial charge is 0.332 e. The number of amides is 2.